The molecule has 0 aromatic heterocycles. The third-order valence-electron chi connectivity index (χ3n) is 17.3. The molecule has 0 aliphatic rings. The van der Waals surface area contributed by atoms with Crippen molar-refractivity contribution < 1.29 is 24.5 Å². The summed E-state index contributed by atoms with van der Waals surface area (Å²) < 4.78 is 5.50. The molecule has 0 saturated heterocycles. The molecule has 0 heterocycles. The van der Waals surface area contributed by atoms with Crippen molar-refractivity contribution in [3.05, 3.63) is 12.2 Å². The fourth-order valence-corrected chi connectivity index (χ4v) is 11.8. The molecule has 470 valence electrons. The molecule has 1 amide bonds. The Kier molecular flexibility index (Phi) is 67.9. The van der Waals surface area contributed by atoms with Crippen LogP contribution < -0.4 is 5.32 Å². The second-order valence-electron chi connectivity index (χ2n) is 25.3. The highest BCUT2D eigenvalue weighted by Crippen LogP contribution is 2.19. The van der Waals surface area contributed by atoms with Gasteiger partial charge in [-0.15, -0.1) is 0 Å². The highest BCUT2D eigenvalue weighted by molar-refractivity contribution is 5.76. The molecule has 0 aliphatic carbocycles. The van der Waals surface area contributed by atoms with Crippen LogP contribution in [0.2, 0.25) is 0 Å². The minimum absolute atomic E-state index is 0.00782. The fourth-order valence-electron chi connectivity index (χ4n) is 11.8. The van der Waals surface area contributed by atoms with Crippen LogP contribution in [0.5, 0.6) is 0 Å². The van der Waals surface area contributed by atoms with Gasteiger partial charge in [-0.1, -0.05) is 366 Å². The van der Waals surface area contributed by atoms with Crippen molar-refractivity contribution in [2.45, 2.75) is 431 Å². The molecule has 79 heavy (non-hydrogen) atoms. The van der Waals surface area contributed by atoms with Crippen LogP contribution in [0.15, 0.2) is 12.2 Å². The summed E-state index contributed by atoms with van der Waals surface area (Å²) in [7, 11) is 0. The normalized spacial score (nSPS) is 12.5. The number of rotatable bonds is 69. The summed E-state index contributed by atoms with van der Waals surface area (Å²) in [5, 5.41) is 23.5. The van der Waals surface area contributed by atoms with Gasteiger partial charge in [0.2, 0.25) is 5.91 Å². The maximum Gasteiger partial charge on any atom is 0.305 e. The molecule has 0 fully saturated rings. The average Bonchev–Trinajstić information content (AvgIpc) is 3.45. The SMILES string of the molecule is CCCCCCCCC/C=C\CCCCCCCCCC(=O)OCCCCCCCCCCCCCCCCCCCCCC(=O)NC(CO)C(O)CCCCCCCCCCCCCCCCCCCCCCCCCCC. The molecule has 3 N–H and O–H groups in total. The lowest BCUT2D eigenvalue weighted by Crippen LogP contribution is -2.45. The van der Waals surface area contributed by atoms with Crippen LogP contribution in [0, 0.1) is 0 Å². The van der Waals surface area contributed by atoms with Crippen molar-refractivity contribution in [3.8, 4) is 0 Å². The van der Waals surface area contributed by atoms with Crippen molar-refractivity contribution in [1.82, 2.24) is 5.32 Å². The second kappa shape index (κ2) is 69.1. The van der Waals surface area contributed by atoms with E-state index < -0.39 is 12.1 Å². The Balaban J connectivity index is 3.38. The second-order valence-corrected chi connectivity index (χ2v) is 25.3. The number of amides is 1. The fraction of sp³-hybridized carbons (Fsp3) is 0.945. The number of unbranched alkanes of at least 4 members (excludes halogenated alkanes) is 56. The van der Waals surface area contributed by atoms with Crippen molar-refractivity contribution in [3.63, 3.8) is 0 Å². The molecule has 6 nitrogen and oxygen atoms in total. The summed E-state index contributed by atoms with van der Waals surface area (Å²) in [6.45, 7) is 4.99. The Morgan fingerprint density at radius 2 is 0.595 bits per heavy atom. The molecule has 2 atom stereocenters. The number of hydrogen-bond acceptors (Lipinski definition) is 5. The Morgan fingerprint density at radius 3 is 0.899 bits per heavy atom. The molecule has 2 unspecified atom stereocenters. The molecule has 0 aromatic carbocycles. The Labute approximate surface area is 495 Å². The Bertz CT molecular complexity index is 1190. The van der Waals surface area contributed by atoms with Crippen LogP contribution in [0.3, 0.4) is 0 Å². The monoisotopic (exact) mass is 1110 g/mol. The van der Waals surface area contributed by atoms with Gasteiger partial charge in [0.15, 0.2) is 0 Å². The summed E-state index contributed by atoms with van der Waals surface area (Å²) >= 11 is 0. The van der Waals surface area contributed by atoms with Gasteiger partial charge in [-0.2, -0.15) is 0 Å². The van der Waals surface area contributed by atoms with Crippen molar-refractivity contribution >= 4 is 11.9 Å². The number of esters is 1. The molecular formula is C73H143NO5. The number of aliphatic hydroxyl groups excluding tert-OH is 2. The van der Waals surface area contributed by atoms with Crippen LogP contribution in [-0.2, 0) is 14.3 Å². The largest absolute Gasteiger partial charge is 0.466 e. The Morgan fingerprint density at radius 1 is 0.342 bits per heavy atom. The van der Waals surface area contributed by atoms with E-state index >= 15 is 0 Å². The van der Waals surface area contributed by atoms with E-state index in [1.165, 1.54) is 340 Å². The lowest BCUT2D eigenvalue weighted by molar-refractivity contribution is -0.143. The highest BCUT2D eigenvalue weighted by Gasteiger charge is 2.20. The first-order chi connectivity index (χ1) is 39.0. The molecule has 0 bridgehead atoms. The number of carbonyl (C=O) groups is 2. The van der Waals surface area contributed by atoms with E-state index in [-0.39, 0.29) is 18.5 Å². The first-order valence-electron chi connectivity index (χ1n) is 36.4. The Hall–Kier alpha value is -1.40. The summed E-state index contributed by atoms with van der Waals surface area (Å²) in [4.78, 5) is 24.7. The van der Waals surface area contributed by atoms with Gasteiger partial charge in [0.1, 0.15) is 0 Å². The van der Waals surface area contributed by atoms with Gasteiger partial charge in [0, 0.05) is 12.8 Å². The number of hydrogen-bond donors (Lipinski definition) is 3. The molecular weight excluding hydrogens is 971 g/mol. The van der Waals surface area contributed by atoms with Gasteiger partial charge in [-0.3, -0.25) is 9.59 Å². The van der Waals surface area contributed by atoms with Crippen LogP contribution in [0.1, 0.15) is 418 Å². The van der Waals surface area contributed by atoms with Crippen LogP contribution in [-0.4, -0.2) is 47.4 Å². The van der Waals surface area contributed by atoms with Gasteiger partial charge in [0.25, 0.3) is 0 Å². The highest BCUT2D eigenvalue weighted by atomic mass is 16.5. The zero-order chi connectivity index (χ0) is 57.1. The van der Waals surface area contributed by atoms with Gasteiger partial charge < -0.3 is 20.3 Å². The average molecular weight is 1110 g/mol. The number of allylic oxidation sites excluding steroid dienone is 2. The van der Waals surface area contributed by atoms with Gasteiger partial charge >= 0.3 is 5.97 Å². The number of ether oxygens (including phenoxy) is 1. The van der Waals surface area contributed by atoms with E-state index in [9.17, 15) is 19.8 Å². The van der Waals surface area contributed by atoms with E-state index in [0.717, 1.165) is 44.9 Å². The molecule has 0 radical (unpaired) electrons. The maximum atomic E-state index is 12.6. The van der Waals surface area contributed by atoms with E-state index in [2.05, 4.69) is 31.3 Å². The van der Waals surface area contributed by atoms with E-state index in [1.54, 1.807) is 0 Å². The van der Waals surface area contributed by atoms with Gasteiger partial charge in [-0.25, -0.2) is 0 Å². The zero-order valence-corrected chi connectivity index (χ0v) is 53.9. The summed E-state index contributed by atoms with van der Waals surface area (Å²) in [6.07, 6.45) is 85.4. The first kappa shape index (κ1) is 77.6. The third-order valence-corrected chi connectivity index (χ3v) is 17.3. The molecule has 0 rings (SSSR count). The number of aliphatic hydroxyl groups is 2. The predicted molar refractivity (Wildman–Crippen MR) is 347 cm³/mol. The standard InChI is InChI=1S/C73H143NO5/c1-3-5-7-9-11-13-15-17-19-21-23-24-25-26-27-28-30-33-37-41-45-49-53-57-61-65-71(76)70(69-75)74-72(77)66-62-58-54-50-46-42-38-34-31-29-32-36-40-44-48-52-56-60-64-68-79-73(78)67-63-59-55-51-47-43-39-35-22-20-18-16-14-12-10-8-6-4-2/h20,22,70-71,75-76H,3-19,21,23-69H2,1-2H3,(H,74,77)/b22-20-. The summed E-state index contributed by atoms with van der Waals surface area (Å²) in [6, 6.07) is -0.545. The first-order valence-corrected chi connectivity index (χ1v) is 36.4. The number of carbonyl (C=O) groups excluding carboxylic acids is 2. The third kappa shape index (κ3) is 65.6. The van der Waals surface area contributed by atoms with Gasteiger partial charge in [-0.05, 0) is 51.4 Å². The zero-order valence-electron chi connectivity index (χ0n) is 53.9. The smallest absolute Gasteiger partial charge is 0.305 e. The molecule has 0 spiro atoms. The quantitative estimate of drug-likeness (QED) is 0.0320. The van der Waals surface area contributed by atoms with Crippen molar-refractivity contribution in [2.75, 3.05) is 13.2 Å². The van der Waals surface area contributed by atoms with Crippen molar-refractivity contribution in [2.24, 2.45) is 0 Å². The lowest BCUT2D eigenvalue weighted by Gasteiger charge is -2.22. The van der Waals surface area contributed by atoms with Crippen LogP contribution in [0.4, 0.5) is 0 Å². The summed E-state index contributed by atoms with van der Waals surface area (Å²) in [5.41, 5.74) is 0. The number of nitrogens with one attached hydrogen (secondary N) is 1. The predicted octanol–water partition coefficient (Wildman–Crippen LogP) is 23.5. The minimum Gasteiger partial charge on any atom is -0.466 e. The summed E-state index contributed by atoms with van der Waals surface area (Å²) in [5.74, 6) is -0.0244. The van der Waals surface area contributed by atoms with Gasteiger partial charge in [0.05, 0.1) is 25.4 Å². The molecule has 0 aliphatic heterocycles. The van der Waals surface area contributed by atoms with Crippen LogP contribution in [0.25, 0.3) is 0 Å². The van der Waals surface area contributed by atoms with E-state index in [0.29, 0.717) is 25.9 Å². The maximum absolute atomic E-state index is 12.6. The van der Waals surface area contributed by atoms with Crippen LogP contribution >= 0.6 is 0 Å². The molecule has 6 heteroatoms. The van der Waals surface area contributed by atoms with E-state index in [4.69, 9.17) is 4.74 Å². The molecule has 0 saturated carbocycles. The topological polar surface area (TPSA) is 95.9 Å². The van der Waals surface area contributed by atoms with E-state index in [1.807, 2.05) is 0 Å². The minimum atomic E-state index is -0.668. The van der Waals surface area contributed by atoms with Crippen molar-refractivity contribution in [1.29, 1.82) is 0 Å². The molecule has 0 aromatic rings. The lowest BCUT2D eigenvalue weighted by atomic mass is 10.0.